The molecule has 0 unspecified atom stereocenters. The number of rotatable bonds is 4. The van der Waals surface area contributed by atoms with E-state index in [4.69, 9.17) is 4.98 Å². The van der Waals surface area contributed by atoms with Gasteiger partial charge < -0.3 is 9.55 Å². The summed E-state index contributed by atoms with van der Waals surface area (Å²) < 4.78 is 2.25. The predicted octanol–water partition coefficient (Wildman–Crippen LogP) is 3.14. The zero-order valence-electron chi connectivity index (χ0n) is 13.4. The van der Waals surface area contributed by atoms with Crippen molar-refractivity contribution in [3.05, 3.63) is 17.6 Å². The second-order valence-electron chi connectivity index (χ2n) is 6.79. The third-order valence-corrected chi connectivity index (χ3v) is 4.97. The SMILES string of the molecule is CCN=c1ncn(CC2CCCCC2)c2nc(C3CC3)[nH]c12. The van der Waals surface area contributed by atoms with Gasteiger partial charge in [0.25, 0.3) is 0 Å². The van der Waals surface area contributed by atoms with Crippen LogP contribution in [0.4, 0.5) is 0 Å². The van der Waals surface area contributed by atoms with Crippen molar-refractivity contribution in [2.45, 2.75) is 64.3 Å². The molecule has 5 heteroatoms. The van der Waals surface area contributed by atoms with Crippen LogP contribution in [0.1, 0.15) is 63.6 Å². The Hall–Kier alpha value is -1.65. The summed E-state index contributed by atoms with van der Waals surface area (Å²) in [5.74, 6) is 2.54. The summed E-state index contributed by atoms with van der Waals surface area (Å²) in [5, 5.41) is 0. The van der Waals surface area contributed by atoms with Gasteiger partial charge in [0.1, 0.15) is 11.3 Å². The Kier molecular flexibility index (Phi) is 3.72. The van der Waals surface area contributed by atoms with Crippen LogP contribution in [0.5, 0.6) is 0 Å². The van der Waals surface area contributed by atoms with Gasteiger partial charge in [0.15, 0.2) is 11.1 Å². The van der Waals surface area contributed by atoms with Gasteiger partial charge in [-0.2, -0.15) is 0 Å². The van der Waals surface area contributed by atoms with Crippen molar-refractivity contribution in [3.63, 3.8) is 0 Å². The molecule has 0 saturated heterocycles. The Bertz CT molecular complexity index is 716. The molecule has 2 aliphatic rings. The van der Waals surface area contributed by atoms with Crippen LogP contribution in [0.3, 0.4) is 0 Å². The summed E-state index contributed by atoms with van der Waals surface area (Å²) in [6, 6.07) is 0. The van der Waals surface area contributed by atoms with Crippen molar-refractivity contribution < 1.29 is 0 Å². The molecule has 1 N–H and O–H groups in total. The van der Waals surface area contributed by atoms with Crippen LogP contribution in [0.25, 0.3) is 11.2 Å². The first-order valence-electron chi connectivity index (χ1n) is 8.80. The number of nitrogens with zero attached hydrogens (tertiary/aromatic N) is 4. The minimum Gasteiger partial charge on any atom is -0.337 e. The normalized spacial score (nSPS) is 20.9. The summed E-state index contributed by atoms with van der Waals surface area (Å²) in [6.45, 7) is 3.85. The molecule has 2 saturated carbocycles. The Balaban J connectivity index is 1.74. The van der Waals surface area contributed by atoms with E-state index in [0.29, 0.717) is 5.92 Å². The highest BCUT2D eigenvalue weighted by Gasteiger charge is 2.28. The van der Waals surface area contributed by atoms with E-state index in [1.807, 2.05) is 6.33 Å². The molecule has 2 aromatic rings. The fraction of sp³-hybridized carbons (Fsp3) is 0.706. The van der Waals surface area contributed by atoms with Crippen LogP contribution in [0.15, 0.2) is 11.3 Å². The van der Waals surface area contributed by atoms with Gasteiger partial charge in [-0.15, -0.1) is 0 Å². The summed E-state index contributed by atoms with van der Waals surface area (Å²) in [7, 11) is 0. The van der Waals surface area contributed by atoms with E-state index >= 15 is 0 Å². The number of aromatic nitrogens is 4. The van der Waals surface area contributed by atoms with Crippen molar-refractivity contribution >= 4 is 11.2 Å². The first-order chi connectivity index (χ1) is 10.8. The van der Waals surface area contributed by atoms with Gasteiger partial charge in [-0.3, -0.25) is 4.99 Å². The van der Waals surface area contributed by atoms with Gasteiger partial charge in [-0.1, -0.05) is 19.3 Å². The smallest absolute Gasteiger partial charge is 0.176 e. The van der Waals surface area contributed by atoms with E-state index in [0.717, 1.165) is 41.5 Å². The first kappa shape index (κ1) is 14.0. The van der Waals surface area contributed by atoms with Crippen LogP contribution >= 0.6 is 0 Å². The Morgan fingerprint density at radius 1 is 1.23 bits per heavy atom. The first-order valence-corrected chi connectivity index (χ1v) is 8.80. The van der Waals surface area contributed by atoms with Crippen molar-refractivity contribution in [2.75, 3.05) is 6.54 Å². The molecule has 2 aromatic heterocycles. The van der Waals surface area contributed by atoms with E-state index in [1.54, 1.807) is 0 Å². The Morgan fingerprint density at radius 3 is 2.77 bits per heavy atom. The van der Waals surface area contributed by atoms with Gasteiger partial charge in [0.05, 0.1) is 6.33 Å². The van der Waals surface area contributed by atoms with E-state index < -0.39 is 0 Å². The highest BCUT2D eigenvalue weighted by Crippen LogP contribution is 2.38. The molecule has 2 heterocycles. The fourth-order valence-electron chi connectivity index (χ4n) is 3.59. The number of imidazole rings is 1. The molecular weight excluding hydrogens is 274 g/mol. The molecular formula is C17H25N5. The van der Waals surface area contributed by atoms with E-state index in [2.05, 4.69) is 26.5 Å². The Morgan fingerprint density at radius 2 is 2.05 bits per heavy atom. The van der Waals surface area contributed by atoms with Gasteiger partial charge in [0, 0.05) is 19.0 Å². The maximum absolute atomic E-state index is 4.89. The zero-order valence-corrected chi connectivity index (χ0v) is 13.4. The average molecular weight is 299 g/mol. The molecule has 4 rings (SSSR count). The lowest BCUT2D eigenvalue weighted by molar-refractivity contribution is 0.320. The molecule has 22 heavy (non-hydrogen) atoms. The number of nitrogens with one attached hydrogen (secondary N) is 1. The minimum absolute atomic E-state index is 0.630. The molecule has 2 fully saturated rings. The molecule has 0 atom stereocenters. The highest BCUT2D eigenvalue weighted by molar-refractivity contribution is 5.69. The molecule has 0 radical (unpaired) electrons. The molecule has 0 bridgehead atoms. The third-order valence-electron chi connectivity index (χ3n) is 4.97. The summed E-state index contributed by atoms with van der Waals surface area (Å²) in [6.07, 6.45) is 11.3. The maximum Gasteiger partial charge on any atom is 0.176 e. The predicted molar refractivity (Wildman–Crippen MR) is 86.5 cm³/mol. The summed E-state index contributed by atoms with van der Waals surface area (Å²) in [5.41, 5.74) is 2.90. The molecule has 0 aliphatic heterocycles. The van der Waals surface area contributed by atoms with Gasteiger partial charge >= 0.3 is 0 Å². The highest BCUT2D eigenvalue weighted by atomic mass is 15.1. The zero-order chi connectivity index (χ0) is 14.9. The van der Waals surface area contributed by atoms with Crippen molar-refractivity contribution in [2.24, 2.45) is 10.9 Å². The molecule has 0 aromatic carbocycles. The quantitative estimate of drug-likeness (QED) is 0.943. The third kappa shape index (κ3) is 2.69. The van der Waals surface area contributed by atoms with E-state index in [-0.39, 0.29) is 0 Å². The number of hydrogen-bond donors (Lipinski definition) is 1. The van der Waals surface area contributed by atoms with Crippen LogP contribution in [-0.4, -0.2) is 26.1 Å². The largest absolute Gasteiger partial charge is 0.337 e. The lowest BCUT2D eigenvalue weighted by Crippen LogP contribution is -2.19. The van der Waals surface area contributed by atoms with Crippen LogP contribution in [0, 0.1) is 5.92 Å². The molecule has 2 aliphatic carbocycles. The number of fused-ring (bicyclic) bond motifs is 1. The number of H-pyrrole nitrogens is 1. The minimum atomic E-state index is 0.630. The number of hydrogen-bond acceptors (Lipinski definition) is 3. The lowest BCUT2D eigenvalue weighted by atomic mass is 9.89. The maximum atomic E-state index is 4.89. The Labute approximate surface area is 130 Å². The standard InChI is InChI=1S/C17H25N5/c1-2-18-16-14-17(21-15(20-14)13-8-9-13)22(11-19-16)10-12-6-4-3-5-7-12/h11-13H,2-10H2,1H3,(H,20,21). The summed E-state index contributed by atoms with van der Waals surface area (Å²) in [4.78, 5) is 17.5. The topological polar surface area (TPSA) is 58.9 Å². The monoisotopic (exact) mass is 299 g/mol. The molecule has 0 spiro atoms. The van der Waals surface area contributed by atoms with Gasteiger partial charge in [0.2, 0.25) is 0 Å². The molecule has 118 valence electrons. The average Bonchev–Trinajstić information content (AvgIpc) is 3.29. The van der Waals surface area contributed by atoms with Gasteiger partial charge in [-0.05, 0) is 38.5 Å². The second kappa shape index (κ2) is 5.86. The lowest BCUT2D eigenvalue weighted by Gasteiger charge is -2.22. The summed E-state index contributed by atoms with van der Waals surface area (Å²) >= 11 is 0. The van der Waals surface area contributed by atoms with Crippen LogP contribution < -0.4 is 5.49 Å². The van der Waals surface area contributed by atoms with Crippen molar-refractivity contribution in [1.82, 2.24) is 19.5 Å². The number of aromatic amines is 1. The molecule has 5 nitrogen and oxygen atoms in total. The van der Waals surface area contributed by atoms with E-state index in [9.17, 15) is 0 Å². The van der Waals surface area contributed by atoms with Gasteiger partial charge in [-0.25, -0.2) is 9.97 Å². The second-order valence-corrected chi connectivity index (χ2v) is 6.79. The molecule has 0 amide bonds. The van der Waals surface area contributed by atoms with Crippen molar-refractivity contribution in [1.29, 1.82) is 0 Å². The van der Waals surface area contributed by atoms with Crippen LogP contribution in [0.2, 0.25) is 0 Å². The van der Waals surface area contributed by atoms with E-state index in [1.165, 1.54) is 44.9 Å². The fourth-order valence-corrected chi connectivity index (χ4v) is 3.59. The van der Waals surface area contributed by atoms with Crippen molar-refractivity contribution in [3.8, 4) is 0 Å². The van der Waals surface area contributed by atoms with Crippen LogP contribution in [-0.2, 0) is 6.54 Å².